The molecule has 4 aromatic rings. The van der Waals surface area contributed by atoms with Crippen LogP contribution in [-0.4, -0.2) is 33.4 Å². The van der Waals surface area contributed by atoms with Crippen LogP contribution in [-0.2, 0) is 6.42 Å². The van der Waals surface area contributed by atoms with E-state index in [9.17, 15) is 14.7 Å². The molecule has 8 nitrogen and oxygen atoms in total. The second-order valence-corrected chi connectivity index (χ2v) is 8.98. The number of anilines is 1. The SMILES string of the molecule is O=C(Nc1ccc(-c2cc(C3CCCC3)n(C(=O)NCCc3ccccc3)n2)c(O)c1)c1ccco1. The van der Waals surface area contributed by atoms with Gasteiger partial charge in [0.1, 0.15) is 5.75 Å². The summed E-state index contributed by atoms with van der Waals surface area (Å²) < 4.78 is 6.55. The van der Waals surface area contributed by atoms with Crippen molar-refractivity contribution in [1.29, 1.82) is 0 Å². The summed E-state index contributed by atoms with van der Waals surface area (Å²) in [6, 6.07) is 19.6. The molecule has 184 valence electrons. The second-order valence-electron chi connectivity index (χ2n) is 8.98. The molecule has 0 bridgehead atoms. The third kappa shape index (κ3) is 5.17. The van der Waals surface area contributed by atoms with E-state index in [0.717, 1.165) is 43.4 Å². The summed E-state index contributed by atoms with van der Waals surface area (Å²) in [4.78, 5) is 25.3. The number of hydrogen-bond acceptors (Lipinski definition) is 5. The number of carbonyl (C=O) groups excluding carboxylic acids is 2. The number of hydrogen-bond donors (Lipinski definition) is 3. The van der Waals surface area contributed by atoms with Gasteiger partial charge in [-0.2, -0.15) is 9.78 Å². The predicted molar refractivity (Wildman–Crippen MR) is 136 cm³/mol. The highest BCUT2D eigenvalue weighted by Gasteiger charge is 2.26. The van der Waals surface area contributed by atoms with Crippen LogP contribution in [0.2, 0.25) is 0 Å². The van der Waals surface area contributed by atoms with Crippen LogP contribution in [0.5, 0.6) is 5.75 Å². The van der Waals surface area contributed by atoms with Crippen molar-refractivity contribution in [3.05, 3.63) is 90.0 Å². The molecule has 0 unspecified atom stereocenters. The van der Waals surface area contributed by atoms with Crippen molar-refractivity contribution in [3.8, 4) is 17.0 Å². The first-order chi connectivity index (χ1) is 17.6. The van der Waals surface area contributed by atoms with Gasteiger partial charge in [-0.15, -0.1) is 0 Å². The van der Waals surface area contributed by atoms with Crippen LogP contribution in [0.15, 0.2) is 77.4 Å². The number of phenolic OH excluding ortho intramolecular Hbond substituents is 1. The van der Waals surface area contributed by atoms with Gasteiger partial charge in [-0.3, -0.25) is 4.79 Å². The number of aromatic hydroxyl groups is 1. The molecule has 0 saturated heterocycles. The summed E-state index contributed by atoms with van der Waals surface area (Å²) in [6.07, 6.45) is 6.40. The monoisotopic (exact) mass is 484 g/mol. The number of benzene rings is 2. The van der Waals surface area contributed by atoms with Crippen molar-refractivity contribution in [2.75, 3.05) is 11.9 Å². The van der Waals surface area contributed by atoms with Crippen molar-refractivity contribution < 1.29 is 19.1 Å². The van der Waals surface area contributed by atoms with E-state index < -0.39 is 5.91 Å². The number of amides is 2. The van der Waals surface area contributed by atoms with E-state index in [0.29, 0.717) is 23.5 Å². The minimum Gasteiger partial charge on any atom is -0.507 e. The second kappa shape index (κ2) is 10.5. The van der Waals surface area contributed by atoms with Crippen molar-refractivity contribution in [1.82, 2.24) is 15.1 Å². The fourth-order valence-corrected chi connectivity index (χ4v) is 4.66. The summed E-state index contributed by atoms with van der Waals surface area (Å²) in [5.74, 6) is -0.0246. The van der Waals surface area contributed by atoms with Gasteiger partial charge in [-0.05, 0) is 55.2 Å². The molecule has 1 aliphatic carbocycles. The first-order valence-electron chi connectivity index (χ1n) is 12.2. The highest BCUT2D eigenvalue weighted by molar-refractivity contribution is 6.02. The molecule has 36 heavy (non-hydrogen) atoms. The summed E-state index contributed by atoms with van der Waals surface area (Å²) >= 11 is 0. The first-order valence-corrected chi connectivity index (χ1v) is 12.2. The van der Waals surface area contributed by atoms with E-state index in [4.69, 9.17) is 4.42 Å². The van der Waals surface area contributed by atoms with Crippen molar-refractivity contribution in [3.63, 3.8) is 0 Å². The van der Waals surface area contributed by atoms with Crippen LogP contribution >= 0.6 is 0 Å². The van der Waals surface area contributed by atoms with E-state index in [1.54, 1.807) is 24.3 Å². The van der Waals surface area contributed by atoms with Crippen LogP contribution in [0.1, 0.15) is 53.4 Å². The van der Waals surface area contributed by atoms with E-state index in [1.165, 1.54) is 17.0 Å². The van der Waals surface area contributed by atoms with Crippen molar-refractivity contribution >= 4 is 17.6 Å². The lowest BCUT2D eigenvalue weighted by Gasteiger charge is -2.12. The normalized spacial score (nSPS) is 13.6. The number of aromatic nitrogens is 2. The molecule has 2 aromatic carbocycles. The maximum Gasteiger partial charge on any atom is 0.342 e. The molecule has 8 heteroatoms. The van der Waals surface area contributed by atoms with Gasteiger partial charge in [0, 0.05) is 29.8 Å². The summed E-state index contributed by atoms with van der Waals surface area (Å²) in [7, 11) is 0. The zero-order valence-corrected chi connectivity index (χ0v) is 19.8. The molecule has 3 N–H and O–H groups in total. The fourth-order valence-electron chi connectivity index (χ4n) is 4.66. The summed E-state index contributed by atoms with van der Waals surface area (Å²) in [5, 5.41) is 21.0. The van der Waals surface area contributed by atoms with Crippen LogP contribution in [0.4, 0.5) is 10.5 Å². The predicted octanol–water partition coefficient (Wildman–Crippen LogP) is 5.56. The van der Waals surface area contributed by atoms with Gasteiger partial charge >= 0.3 is 6.03 Å². The van der Waals surface area contributed by atoms with Crippen molar-refractivity contribution in [2.45, 2.75) is 38.0 Å². The largest absolute Gasteiger partial charge is 0.507 e. The smallest absolute Gasteiger partial charge is 0.342 e. The molecule has 5 rings (SSSR count). The van der Waals surface area contributed by atoms with Crippen LogP contribution < -0.4 is 10.6 Å². The fraction of sp³-hybridized carbons (Fsp3) is 0.250. The Morgan fingerprint density at radius 2 is 1.83 bits per heavy atom. The molecule has 0 spiro atoms. The van der Waals surface area contributed by atoms with E-state index in [-0.39, 0.29) is 23.5 Å². The molecule has 2 heterocycles. The Hall–Kier alpha value is -4.33. The van der Waals surface area contributed by atoms with E-state index in [1.807, 2.05) is 36.4 Å². The van der Waals surface area contributed by atoms with Gasteiger partial charge in [-0.1, -0.05) is 43.2 Å². The Labute approximate surface area is 208 Å². The number of rotatable bonds is 7. The number of nitrogens with zero attached hydrogens (tertiary/aromatic N) is 2. The Morgan fingerprint density at radius 1 is 1.03 bits per heavy atom. The molecular weight excluding hydrogens is 456 g/mol. The number of carbonyl (C=O) groups is 2. The molecule has 1 saturated carbocycles. The van der Waals surface area contributed by atoms with Gasteiger partial charge in [0.05, 0.1) is 17.7 Å². The lowest BCUT2D eigenvalue weighted by Crippen LogP contribution is -2.32. The molecule has 0 atom stereocenters. The Morgan fingerprint density at radius 3 is 2.56 bits per heavy atom. The zero-order valence-electron chi connectivity index (χ0n) is 19.8. The zero-order chi connectivity index (χ0) is 24.9. The quantitative estimate of drug-likeness (QED) is 0.318. The average molecular weight is 485 g/mol. The number of nitrogens with one attached hydrogen (secondary N) is 2. The summed E-state index contributed by atoms with van der Waals surface area (Å²) in [6.45, 7) is 0.497. The molecule has 2 aromatic heterocycles. The Bertz CT molecular complexity index is 1340. The third-order valence-corrected chi connectivity index (χ3v) is 6.51. The van der Waals surface area contributed by atoms with Crippen molar-refractivity contribution in [2.24, 2.45) is 0 Å². The first kappa shape index (κ1) is 23.4. The molecular formula is C28H28N4O4. The number of furan rings is 1. The molecule has 2 amide bonds. The molecule has 1 fully saturated rings. The number of phenols is 1. The topological polar surface area (TPSA) is 109 Å². The van der Waals surface area contributed by atoms with Crippen LogP contribution in [0, 0.1) is 0 Å². The minimum atomic E-state index is -0.410. The summed E-state index contributed by atoms with van der Waals surface area (Å²) in [5.41, 5.74) is 3.43. The lowest BCUT2D eigenvalue weighted by molar-refractivity contribution is 0.0996. The average Bonchev–Trinajstić information content (AvgIpc) is 3.66. The maximum absolute atomic E-state index is 13.1. The van der Waals surface area contributed by atoms with Gasteiger partial charge in [0.15, 0.2) is 5.76 Å². The van der Waals surface area contributed by atoms with Gasteiger partial charge in [0.2, 0.25) is 0 Å². The van der Waals surface area contributed by atoms with Gasteiger partial charge in [0.25, 0.3) is 5.91 Å². The third-order valence-electron chi connectivity index (χ3n) is 6.51. The van der Waals surface area contributed by atoms with Gasteiger partial charge in [-0.25, -0.2) is 4.79 Å². The molecule has 0 radical (unpaired) electrons. The molecule has 0 aliphatic heterocycles. The Balaban J connectivity index is 1.35. The highest BCUT2D eigenvalue weighted by Crippen LogP contribution is 2.38. The van der Waals surface area contributed by atoms with Crippen LogP contribution in [0.25, 0.3) is 11.3 Å². The van der Waals surface area contributed by atoms with Gasteiger partial charge < -0.3 is 20.2 Å². The van der Waals surface area contributed by atoms with E-state index >= 15 is 0 Å². The lowest BCUT2D eigenvalue weighted by atomic mass is 10.0. The minimum absolute atomic E-state index is 0.0423. The molecule has 1 aliphatic rings. The maximum atomic E-state index is 13.1. The standard InChI is InChI=1S/C28H28N4O4/c33-25-17-21(30-27(34)26-11-6-16-36-26)12-13-22(25)23-18-24(20-9-4-5-10-20)32(31-23)28(35)29-15-14-19-7-2-1-3-8-19/h1-3,6-8,11-13,16-18,20,33H,4-5,9-10,14-15H2,(H,29,35)(H,30,34). The van der Waals surface area contributed by atoms with E-state index in [2.05, 4.69) is 15.7 Å². The highest BCUT2D eigenvalue weighted by atomic mass is 16.3. The Kier molecular flexibility index (Phi) is 6.84. The van der Waals surface area contributed by atoms with Crippen LogP contribution in [0.3, 0.4) is 0 Å².